The van der Waals surface area contributed by atoms with Crippen LogP contribution in [0, 0.1) is 24.0 Å². The molecule has 3 rings (SSSR count). The van der Waals surface area contributed by atoms with Gasteiger partial charge in [0.05, 0.1) is 23.6 Å². The first-order chi connectivity index (χ1) is 16.0. The highest BCUT2D eigenvalue weighted by Gasteiger charge is 2.46. The number of hydrogen-bond acceptors (Lipinski definition) is 8. The lowest BCUT2D eigenvalue weighted by molar-refractivity contribution is -0.384. The van der Waals surface area contributed by atoms with Crippen LogP contribution in [0.2, 0.25) is 0 Å². The number of methoxy groups -OCH3 is 1. The molecule has 180 valence electrons. The lowest BCUT2D eigenvalue weighted by Crippen LogP contribution is -2.35. The highest BCUT2D eigenvalue weighted by molar-refractivity contribution is 6.46. The summed E-state index contributed by atoms with van der Waals surface area (Å²) < 4.78 is 4.76. The van der Waals surface area contributed by atoms with E-state index in [9.17, 15) is 29.6 Å². The SMILES string of the molecule is COC(=O)c1[nH]c(C)c(C(O)=C2C(=O)C(=O)N(CCN(C)C)[C@@H]2c2ccc([N+](=O)[O-])cc2)c1C. The maximum atomic E-state index is 13.1. The van der Waals surface area contributed by atoms with Crippen LogP contribution < -0.4 is 0 Å². The van der Waals surface area contributed by atoms with E-state index < -0.39 is 34.4 Å². The fraction of sp³-hybridized carbons (Fsp3) is 0.348. The molecule has 2 N–H and O–H groups in total. The topological polar surface area (TPSA) is 146 Å². The van der Waals surface area contributed by atoms with Crippen LogP contribution >= 0.6 is 0 Å². The van der Waals surface area contributed by atoms with Crippen LogP contribution in [0.3, 0.4) is 0 Å². The summed E-state index contributed by atoms with van der Waals surface area (Å²) in [5.74, 6) is -2.74. The van der Waals surface area contributed by atoms with E-state index in [1.165, 1.54) is 36.3 Å². The van der Waals surface area contributed by atoms with Crippen molar-refractivity contribution in [3.63, 3.8) is 0 Å². The first-order valence-corrected chi connectivity index (χ1v) is 10.4. The van der Waals surface area contributed by atoms with Gasteiger partial charge in [-0.3, -0.25) is 19.7 Å². The van der Waals surface area contributed by atoms with Gasteiger partial charge in [0.2, 0.25) is 0 Å². The number of likely N-dealkylation sites (N-methyl/N-ethyl adjacent to an activating group) is 1. The Morgan fingerprint density at radius 1 is 1.24 bits per heavy atom. The summed E-state index contributed by atoms with van der Waals surface area (Å²) in [7, 11) is 4.86. The molecule has 1 aliphatic rings. The number of nitro benzene ring substituents is 1. The molecule has 1 amide bonds. The highest BCUT2D eigenvalue weighted by Crippen LogP contribution is 2.41. The molecule has 1 aromatic heterocycles. The Morgan fingerprint density at radius 2 is 1.85 bits per heavy atom. The number of non-ortho nitro benzene ring substituents is 1. The van der Waals surface area contributed by atoms with Gasteiger partial charge in [0.15, 0.2) is 0 Å². The van der Waals surface area contributed by atoms with Crippen molar-refractivity contribution in [2.75, 3.05) is 34.3 Å². The van der Waals surface area contributed by atoms with Crippen molar-refractivity contribution in [1.29, 1.82) is 0 Å². The highest BCUT2D eigenvalue weighted by atomic mass is 16.6. The fourth-order valence-electron chi connectivity index (χ4n) is 4.09. The second-order valence-electron chi connectivity index (χ2n) is 8.26. The van der Waals surface area contributed by atoms with Gasteiger partial charge in [0.1, 0.15) is 11.5 Å². The number of aryl methyl sites for hydroxylation is 1. The average Bonchev–Trinajstić information content (AvgIpc) is 3.23. The number of ketones is 1. The maximum Gasteiger partial charge on any atom is 0.354 e. The molecule has 11 heteroatoms. The van der Waals surface area contributed by atoms with Crippen molar-refractivity contribution in [1.82, 2.24) is 14.8 Å². The molecular weight excluding hydrogens is 444 g/mol. The quantitative estimate of drug-likeness (QED) is 0.157. The molecule has 11 nitrogen and oxygen atoms in total. The first kappa shape index (κ1) is 24.6. The summed E-state index contributed by atoms with van der Waals surface area (Å²) in [4.78, 5) is 54.8. The maximum absolute atomic E-state index is 13.1. The molecule has 1 atom stereocenters. The molecule has 34 heavy (non-hydrogen) atoms. The first-order valence-electron chi connectivity index (χ1n) is 10.4. The molecule has 1 aliphatic heterocycles. The Labute approximate surface area is 195 Å². The fourth-order valence-corrected chi connectivity index (χ4v) is 4.09. The lowest BCUT2D eigenvalue weighted by Gasteiger charge is -2.26. The van der Waals surface area contributed by atoms with E-state index in [-0.39, 0.29) is 29.1 Å². The van der Waals surface area contributed by atoms with Gasteiger partial charge in [-0.25, -0.2) is 4.79 Å². The van der Waals surface area contributed by atoms with Crippen molar-refractivity contribution < 1.29 is 29.2 Å². The zero-order valence-corrected chi connectivity index (χ0v) is 19.5. The zero-order chi connectivity index (χ0) is 25.3. The minimum absolute atomic E-state index is 0.121. The van der Waals surface area contributed by atoms with Gasteiger partial charge in [-0.1, -0.05) is 0 Å². The summed E-state index contributed by atoms with van der Waals surface area (Å²) in [5.41, 5.74) is 1.26. The lowest BCUT2D eigenvalue weighted by atomic mass is 9.94. The van der Waals surface area contributed by atoms with E-state index in [4.69, 9.17) is 4.74 Å². The number of aromatic amines is 1. The number of rotatable bonds is 7. The van der Waals surface area contributed by atoms with Crippen molar-refractivity contribution >= 4 is 29.1 Å². The van der Waals surface area contributed by atoms with E-state index in [1.807, 2.05) is 19.0 Å². The third-order valence-electron chi connectivity index (χ3n) is 5.81. The van der Waals surface area contributed by atoms with Crippen molar-refractivity contribution in [3.8, 4) is 0 Å². The monoisotopic (exact) mass is 470 g/mol. The molecule has 2 aromatic rings. The smallest absolute Gasteiger partial charge is 0.354 e. The number of carbonyl (C=O) groups is 3. The number of amides is 1. The van der Waals surface area contributed by atoms with Gasteiger partial charge in [-0.15, -0.1) is 0 Å². The minimum Gasteiger partial charge on any atom is -0.507 e. The van der Waals surface area contributed by atoms with Crippen LogP contribution in [-0.4, -0.2) is 76.8 Å². The molecule has 0 spiro atoms. The molecule has 2 heterocycles. The number of nitrogens with one attached hydrogen (secondary N) is 1. The van der Waals surface area contributed by atoms with E-state index in [0.29, 0.717) is 23.4 Å². The number of aromatic nitrogens is 1. The number of esters is 1. The van der Waals surface area contributed by atoms with E-state index >= 15 is 0 Å². The number of aliphatic hydroxyl groups excluding tert-OH is 1. The van der Waals surface area contributed by atoms with Crippen LogP contribution in [0.4, 0.5) is 5.69 Å². The third-order valence-corrected chi connectivity index (χ3v) is 5.81. The molecule has 1 aromatic carbocycles. The average molecular weight is 470 g/mol. The number of likely N-dealkylation sites (tertiary alicyclic amines) is 1. The molecule has 1 saturated heterocycles. The summed E-state index contributed by atoms with van der Waals surface area (Å²) in [6.45, 7) is 3.85. The third kappa shape index (κ3) is 4.29. The molecule has 0 aliphatic carbocycles. The number of aliphatic hydroxyl groups is 1. The Balaban J connectivity index is 2.22. The van der Waals surface area contributed by atoms with Gasteiger partial charge >= 0.3 is 5.97 Å². The Hall–Kier alpha value is -3.99. The number of ether oxygens (including phenoxy) is 1. The Kier molecular flexibility index (Phi) is 6.87. The molecule has 0 radical (unpaired) electrons. The number of benzene rings is 1. The molecule has 0 saturated carbocycles. The predicted molar refractivity (Wildman–Crippen MR) is 122 cm³/mol. The van der Waals surface area contributed by atoms with Gasteiger partial charge < -0.3 is 24.6 Å². The van der Waals surface area contributed by atoms with Gasteiger partial charge in [0.25, 0.3) is 17.4 Å². The summed E-state index contributed by atoms with van der Waals surface area (Å²) in [5, 5.41) is 22.4. The van der Waals surface area contributed by atoms with Crippen LogP contribution in [0.25, 0.3) is 5.76 Å². The molecular formula is C23H26N4O7. The predicted octanol–water partition coefficient (Wildman–Crippen LogP) is 2.31. The van der Waals surface area contributed by atoms with Gasteiger partial charge in [-0.05, 0) is 51.2 Å². The van der Waals surface area contributed by atoms with E-state index in [1.54, 1.807) is 13.8 Å². The Bertz CT molecular complexity index is 1190. The summed E-state index contributed by atoms with van der Waals surface area (Å²) in [6.07, 6.45) is 0. The molecule has 1 fully saturated rings. The molecule has 0 unspecified atom stereocenters. The number of H-pyrrole nitrogens is 1. The number of nitrogens with zero attached hydrogens (tertiary/aromatic N) is 3. The van der Waals surface area contributed by atoms with Crippen LogP contribution in [0.1, 0.15) is 38.9 Å². The zero-order valence-electron chi connectivity index (χ0n) is 19.5. The number of nitro groups is 1. The molecule has 0 bridgehead atoms. The van der Waals surface area contributed by atoms with Gasteiger partial charge in [0, 0.05) is 36.5 Å². The standard InChI is InChI=1S/C23H26N4O7/c1-12-16(13(2)24-18(12)23(31)34-5)20(28)17-19(14-6-8-15(9-7-14)27(32)33)26(11-10-25(3)4)22(30)21(17)29/h6-9,19,24,28H,10-11H2,1-5H3/t19-/m1/s1. The second-order valence-corrected chi connectivity index (χ2v) is 8.26. The second kappa shape index (κ2) is 9.48. The Morgan fingerprint density at radius 3 is 2.38 bits per heavy atom. The minimum atomic E-state index is -0.962. The van der Waals surface area contributed by atoms with Crippen LogP contribution in [0.5, 0.6) is 0 Å². The summed E-state index contributed by atoms with van der Waals surface area (Å²) >= 11 is 0. The van der Waals surface area contributed by atoms with E-state index in [0.717, 1.165) is 0 Å². The van der Waals surface area contributed by atoms with Crippen molar-refractivity contribution in [3.05, 3.63) is 68.0 Å². The van der Waals surface area contributed by atoms with Crippen molar-refractivity contribution in [2.24, 2.45) is 0 Å². The normalized spacial score (nSPS) is 17.5. The van der Waals surface area contributed by atoms with Gasteiger partial charge in [-0.2, -0.15) is 0 Å². The largest absolute Gasteiger partial charge is 0.507 e. The van der Waals surface area contributed by atoms with Crippen LogP contribution in [-0.2, 0) is 14.3 Å². The number of hydrogen-bond donors (Lipinski definition) is 2. The number of Topliss-reactive ketones (excluding diaryl/α,β-unsaturated/α-hetero) is 1. The van der Waals surface area contributed by atoms with E-state index in [2.05, 4.69) is 4.98 Å². The number of carbonyl (C=O) groups excluding carboxylic acids is 3. The van der Waals surface area contributed by atoms with Crippen molar-refractivity contribution in [2.45, 2.75) is 19.9 Å². The summed E-state index contributed by atoms with van der Waals surface area (Å²) in [6, 6.07) is 4.52. The van der Waals surface area contributed by atoms with Crippen LogP contribution in [0.15, 0.2) is 29.8 Å².